The van der Waals surface area contributed by atoms with E-state index in [1.165, 1.54) is 49.7 Å². The Morgan fingerprint density at radius 3 is 2.26 bits per heavy atom. The smallest absolute Gasteiger partial charge is 0.144 e. The fraction of sp³-hybridized carbons (Fsp3) is 0.368. The highest BCUT2D eigenvalue weighted by Gasteiger charge is 2.43. The van der Waals surface area contributed by atoms with Crippen LogP contribution < -0.4 is 0 Å². The number of nitriles is 1. The van der Waals surface area contributed by atoms with Crippen LogP contribution in [0.4, 0.5) is 0 Å². The second-order valence-corrected chi connectivity index (χ2v) is 14.3. The van der Waals surface area contributed by atoms with Gasteiger partial charge in [0.1, 0.15) is 19.0 Å². The summed E-state index contributed by atoms with van der Waals surface area (Å²) in [4.78, 5) is 4.62. The molecule has 2 aromatic heterocycles. The molecule has 7 rings (SSSR count). The number of nitrogens with zero attached hydrogens (tertiary/aromatic N) is 2. The zero-order valence-corrected chi connectivity index (χ0v) is 25.6. The Labute approximate surface area is 250 Å². The predicted octanol–water partition coefficient (Wildman–Crippen LogP) is 9.33. The molecular formula is C38H39BN2O. The summed E-state index contributed by atoms with van der Waals surface area (Å²) in [6.07, 6.45) is 10.5. The van der Waals surface area contributed by atoms with Crippen molar-refractivity contribution in [2.24, 2.45) is 0 Å². The van der Waals surface area contributed by atoms with Gasteiger partial charge < -0.3 is 4.42 Å². The van der Waals surface area contributed by atoms with Crippen LogP contribution in [0.3, 0.4) is 0 Å². The molecule has 2 heterocycles. The summed E-state index contributed by atoms with van der Waals surface area (Å²) in [7, 11) is 2.50. The molecule has 3 nitrogen and oxygen atoms in total. The molecule has 0 unspecified atom stereocenters. The van der Waals surface area contributed by atoms with Crippen LogP contribution in [-0.2, 0) is 16.1 Å². The maximum atomic E-state index is 10.4. The summed E-state index contributed by atoms with van der Waals surface area (Å²) < 4.78 is 6.82. The molecule has 0 radical (unpaired) electrons. The minimum atomic E-state index is 0.0569. The molecule has 0 amide bonds. The summed E-state index contributed by atoms with van der Waals surface area (Å²) in [5.74, 6) is 0. The normalized spacial score (nSPS) is 18.9. The van der Waals surface area contributed by atoms with E-state index in [0.29, 0.717) is 5.56 Å². The van der Waals surface area contributed by atoms with Crippen LogP contribution in [-0.4, -0.2) is 12.8 Å². The van der Waals surface area contributed by atoms with Gasteiger partial charge in [-0.3, -0.25) is 4.98 Å². The van der Waals surface area contributed by atoms with E-state index in [1.807, 2.05) is 30.5 Å². The molecule has 2 aliphatic carbocycles. The third-order valence-electron chi connectivity index (χ3n) is 10.5. The minimum Gasteiger partial charge on any atom is -0.455 e. The van der Waals surface area contributed by atoms with E-state index in [9.17, 15) is 5.26 Å². The topological polar surface area (TPSA) is 49.8 Å². The van der Waals surface area contributed by atoms with Crippen molar-refractivity contribution in [2.45, 2.75) is 88.8 Å². The predicted molar refractivity (Wildman–Crippen MR) is 176 cm³/mol. The van der Waals surface area contributed by atoms with E-state index in [0.717, 1.165) is 50.7 Å². The summed E-state index contributed by atoms with van der Waals surface area (Å²) in [5.41, 5.74) is 10.8. The average Bonchev–Trinajstić information content (AvgIpc) is 3.38. The van der Waals surface area contributed by atoms with E-state index in [-0.39, 0.29) is 16.1 Å². The lowest BCUT2D eigenvalue weighted by Crippen LogP contribution is -2.39. The third kappa shape index (κ3) is 4.12. The monoisotopic (exact) mass is 550 g/mol. The Morgan fingerprint density at radius 2 is 1.52 bits per heavy atom. The van der Waals surface area contributed by atoms with E-state index >= 15 is 0 Å². The zero-order valence-electron chi connectivity index (χ0n) is 25.6. The molecule has 1 fully saturated rings. The van der Waals surface area contributed by atoms with Crippen molar-refractivity contribution >= 4 is 29.8 Å². The van der Waals surface area contributed by atoms with Crippen molar-refractivity contribution in [1.29, 1.82) is 5.26 Å². The van der Waals surface area contributed by atoms with E-state index < -0.39 is 0 Å². The second-order valence-electron chi connectivity index (χ2n) is 14.3. The first kappa shape index (κ1) is 27.0. The number of fused-ring (bicyclic) bond motifs is 4. The molecule has 1 saturated carbocycles. The van der Waals surface area contributed by atoms with Gasteiger partial charge in [-0.2, -0.15) is 5.26 Å². The number of rotatable bonds is 3. The van der Waals surface area contributed by atoms with Gasteiger partial charge in [-0.15, -0.1) is 0 Å². The van der Waals surface area contributed by atoms with Crippen LogP contribution in [0.5, 0.6) is 0 Å². The highest BCUT2D eigenvalue weighted by Crippen LogP contribution is 2.53. The molecule has 0 bridgehead atoms. The number of hydrogen-bond donors (Lipinski definition) is 0. The van der Waals surface area contributed by atoms with E-state index in [1.54, 1.807) is 5.56 Å². The quantitative estimate of drug-likeness (QED) is 0.210. The van der Waals surface area contributed by atoms with Crippen LogP contribution in [0, 0.1) is 11.3 Å². The Kier molecular flexibility index (Phi) is 6.18. The number of hydrogen-bond acceptors (Lipinski definition) is 3. The van der Waals surface area contributed by atoms with Crippen LogP contribution in [0.1, 0.15) is 94.9 Å². The Bertz CT molecular complexity index is 1880. The zero-order chi connectivity index (χ0) is 29.3. The van der Waals surface area contributed by atoms with Gasteiger partial charge in [0, 0.05) is 28.1 Å². The van der Waals surface area contributed by atoms with Gasteiger partial charge in [0.2, 0.25) is 0 Å². The van der Waals surface area contributed by atoms with Crippen LogP contribution in [0.2, 0.25) is 0 Å². The lowest BCUT2D eigenvalue weighted by atomic mass is 9.51. The van der Waals surface area contributed by atoms with Crippen molar-refractivity contribution in [3.8, 4) is 28.5 Å². The highest BCUT2D eigenvalue weighted by atomic mass is 16.3. The molecule has 0 aliphatic heterocycles. The molecule has 3 aromatic carbocycles. The molecule has 4 heteroatoms. The van der Waals surface area contributed by atoms with E-state index in [4.69, 9.17) is 4.42 Å². The summed E-state index contributed by atoms with van der Waals surface area (Å²) >= 11 is 0. The van der Waals surface area contributed by atoms with Crippen LogP contribution >= 0.6 is 0 Å². The van der Waals surface area contributed by atoms with Crippen molar-refractivity contribution in [3.63, 3.8) is 0 Å². The lowest BCUT2D eigenvalue weighted by molar-refractivity contribution is 0.319. The van der Waals surface area contributed by atoms with Gasteiger partial charge in [-0.25, -0.2) is 0 Å². The third-order valence-corrected chi connectivity index (χ3v) is 10.5. The molecule has 0 saturated heterocycles. The Balaban J connectivity index is 1.57. The van der Waals surface area contributed by atoms with Gasteiger partial charge in [-0.05, 0) is 81.6 Å². The second kappa shape index (κ2) is 9.60. The van der Waals surface area contributed by atoms with Crippen molar-refractivity contribution < 1.29 is 4.42 Å². The average molecular weight is 551 g/mol. The number of benzene rings is 3. The molecule has 2 aliphatic rings. The standard InChI is InChI=1S/C38H39BN2O/c1-36(2)18-19-37(3,4)33-29(36)21-25(22-30(33)38(39)16-7-5-8-17-38)32-24(23-40)14-15-27-26-11-10-12-28(34(26)42-35(27)32)31-13-6-9-20-41-31/h6,9-15,20-22H,5,7-8,16-19,39H2,1-4H3. The highest BCUT2D eigenvalue weighted by molar-refractivity contribution is 6.17. The van der Waals surface area contributed by atoms with Crippen LogP contribution in [0.25, 0.3) is 44.3 Å². The van der Waals surface area contributed by atoms with E-state index in [2.05, 4.69) is 83.0 Å². The first-order chi connectivity index (χ1) is 20.1. The number of para-hydroxylation sites is 1. The number of aromatic nitrogens is 1. The number of pyridine rings is 1. The number of furan rings is 1. The van der Waals surface area contributed by atoms with Gasteiger partial charge in [-0.1, -0.05) is 90.1 Å². The SMILES string of the molecule is BC1(c2cc(-c3c(C#N)ccc4c3oc3c(-c5ccccn5)cccc34)cc3c2C(C)(C)CCC3(C)C)CCCCC1. The Morgan fingerprint density at radius 1 is 0.786 bits per heavy atom. The fourth-order valence-electron chi connectivity index (χ4n) is 7.98. The van der Waals surface area contributed by atoms with Crippen molar-refractivity contribution in [3.05, 3.63) is 89.1 Å². The first-order valence-corrected chi connectivity index (χ1v) is 15.6. The maximum Gasteiger partial charge on any atom is 0.144 e. The molecular weight excluding hydrogens is 511 g/mol. The molecule has 42 heavy (non-hydrogen) atoms. The fourth-order valence-corrected chi connectivity index (χ4v) is 7.98. The Hall–Kier alpha value is -3.84. The van der Waals surface area contributed by atoms with Gasteiger partial charge >= 0.3 is 0 Å². The van der Waals surface area contributed by atoms with Gasteiger partial charge in [0.15, 0.2) is 0 Å². The molecule has 5 aromatic rings. The first-order valence-electron chi connectivity index (χ1n) is 15.6. The van der Waals surface area contributed by atoms with Crippen LogP contribution in [0.15, 0.2) is 71.3 Å². The lowest BCUT2D eigenvalue weighted by Gasteiger charge is -2.47. The van der Waals surface area contributed by atoms with Crippen molar-refractivity contribution in [1.82, 2.24) is 4.98 Å². The largest absolute Gasteiger partial charge is 0.455 e. The molecule has 0 N–H and O–H groups in total. The molecule has 210 valence electrons. The van der Waals surface area contributed by atoms with Gasteiger partial charge in [0.25, 0.3) is 0 Å². The molecule has 0 atom stereocenters. The molecule has 0 spiro atoms. The summed E-state index contributed by atoms with van der Waals surface area (Å²) in [6, 6.07) is 23.7. The van der Waals surface area contributed by atoms with Gasteiger partial charge in [0.05, 0.1) is 17.3 Å². The summed E-state index contributed by atoms with van der Waals surface area (Å²) in [6.45, 7) is 9.69. The van der Waals surface area contributed by atoms with Crippen molar-refractivity contribution in [2.75, 3.05) is 0 Å². The maximum absolute atomic E-state index is 10.4. The minimum absolute atomic E-state index is 0.0569. The summed E-state index contributed by atoms with van der Waals surface area (Å²) in [5, 5.41) is 12.7.